The Hall–Kier alpha value is 0.0900. The van der Waals surface area contributed by atoms with E-state index < -0.39 is 9.84 Å². The maximum absolute atomic E-state index is 10.9. The molecule has 0 radical (unpaired) electrons. The molecule has 1 unspecified atom stereocenters. The first-order chi connectivity index (χ1) is 6.40. The third-order valence-corrected chi connectivity index (χ3v) is 4.76. The Labute approximate surface area is 96.4 Å². The van der Waals surface area contributed by atoms with E-state index >= 15 is 0 Å². The van der Waals surface area contributed by atoms with E-state index in [1.54, 1.807) is 11.3 Å². The smallest absolute Gasteiger partial charge is 0.147 e. The first-order valence-corrected chi connectivity index (χ1v) is 7.79. The van der Waals surface area contributed by atoms with E-state index in [1.807, 2.05) is 11.4 Å². The van der Waals surface area contributed by atoms with Crippen molar-refractivity contribution in [1.29, 1.82) is 0 Å². The zero-order valence-corrected chi connectivity index (χ0v) is 11.0. The molecule has 1 atom stereocenters. The number of nitrogens with two attached hydrogens (primary N) is 1. The summed E-state index contributed by atoms with van der Waals surface area (Å²) in [5.41, 5.74) is 5.86. The van der Waals surface area contributed by atoms with Gasteiger partial charge in [0.1, 0.15) is 9.84 Å². The molecular formula is C8H12BrNO2S2. The number of hydrogen-bond donors (Lipinski definition) is 1. The van der Waals surface area contributed by atoms with Gasteiger partial charge in [-0.3, -0.25) is 0 Å². The first-order valence-electron chi connectivity index (χ1n) is 4.06. The third kappa shape index (κ3) is 3.68. The van der Waals surface area contributed by atoms with Crippen molar-refractivity contribution in [2.75, 3.05) is 12.0 Å². The second-order valence-corrected chi connectivity index (χ2v) is 7.22. The summed E-state index contributed by atoms with van der Waals surface area (Å²) >= 11 is 4.91. The minimum atomic E-state index is -2.91. The quantitative estimate of drug-likeness (QED) is 0.924. The number of hydrogen-bond acceptors (Lipinski definition) is 4. The van der Waals surface area contributed by atoms with Gasteiger partial charge in [0.25, 0.3) is 0 Å². The highest BCUT2D eigenvalue weighted by Crippen LogP contribution is 2.29. The lowest BCUT2D eigenvalue weighted by molar-refractivity contribution is 0.592. The Morgan fingerprint density at radius 3 is 2.71 bits per heavy atom. The average Bonchev–Trinajstić information content (AvgIpc) is 2.46. The van der Waals surface area contributed by atoms with Crippen LogP contribution in [0, 0.1) is 0 Å². The average molecular weight is 298 g/mol. The molecule has 1 aromatic heterocycles. The van der Waals surface area contributed by atoms with Crippen LogP contribution < -0.4 is 5.73 Å². The van der Waals surface area contributed by atoms with Crippen LogP contribution in [0.4, 0.5) is 0 Å². The molecule has 0 bridgehead atoms. The lowest BCUT2D eigenvalue weighted by Gasteiger charge is -2.09. The normalized spacial score (nSPS) is 14.2. The summed E-state index contributed by atoms with van der Waals surface area (Å²) in [7, 11) is -2.91. The van der Waals surface area contributed by atoms with Gasteiger partial charge in [-0.2, -0.15) is 0 Å². The highest BCUT2D eigenvalue weighted by Gasteiger charge is 2.13. The van der Waals surface area contributed by atoms with Gasteiger partial charge in [-0.1, -0.05) is 0 Å². The van der Waals surface area contributed by atoms with Gasteiger partial charge in [0.05, 0.1) is 5.75 Å². The van der Waals surface area contributed by atoms with E-state index in [0.717, 1.165) is 9.35 Å². The predicted octanol–water partition coefficient (Wildman–Crippen LogP) is 1.95. The van der Waals surface area contributed by atoms with Crippen LogP contribution >= 0.6 is 27.3 Å². The molecule has 80 valence electrons. The van der Waals surface area contributed by atoms with Gasteiger partial charge >= 0.3 is 0 Å². The fraction of sp³-hybridized carbons (Fsp3) is 0.500. The van der Waals surface area contributed by atoms with Gasteiger partial charge in [0.15, 0.2) is 0 Å². The van der Waals surface area contributed by atoms with Crippen molar-refractivity contribution in [2.45, 2.75) is 12.5 Å². The molecule has 0 amide bonds. The largest absolute Gasteiger partial charge is 0.323 e. The van der Waals surface area contributed by atoms with Crippen LogP contribution in [0.2, 0.25) is 0 Å². The summed E-state index contributed by atoms with van der Waals surface area (Å²) in [5, 5.41) is 1.93. The molecular weight excluding hydrogens is 286 g/mol. The van der Waals surface area contributed by atoms with Crippen LogP contribution in [0.3, 0.4) is 0 Å². The van der Waals surface area contributed by atoms with Crippen molar-refractivity contribution < 1.29 is 8.42 Å². The van der Waals surface area contributed by atoms with Gasteiger partial charge < -0.3 is 5.73 Å². The van der Waals surface area contributed by atoms with E-state index in [-0.39, 0.29) is 11.8 Å². The van der Waals surface area contributed by atoms with Crippen molar-refractivity contribution in [1.82, 2.24) is 0 Å². The molecule has 0 aliphatic heterocycles. The van der Waals surface area contributed by atoms with Crippen molar-refractivity contribution >= 4 is 37.1 Å². The first kappa shape index (κ1) is 12.2. The van der Waals surface area contributed by atoms with Gasteiger partial charge in [-0.15, -0.1) is 11.3 Å². The van der Waals surface area contributed by atoms with Gasteiger partial charge in [0, 0.05) is 21.6 Å². The van der Waals surface area contributed by atoms with Crippen LogP contribution in [-0.2, 0) is 9.84 Å². The van der Waals surface area contributed by atoms with Gasteiger partial charge in [0.2, 0.25) is 0 Å². The monoisotopic (exact) mass is 297 g/mol. The fourth-order valence-electron chi connectivity index (χ4n) is 1.04. The Kier molecular flexibility index (Phi) is 4.12. The minimum Gasteiger partial charge on any atom is -0.323 e. The van der Waals surface area contributed by atoms with E-state index in [4.69, 9.17) is 5.73 Å². The minimum absolute atomic E-state index is 0.137. The molecule has 0 spiro atoms. The lowest BCUT2D eigenvalue weighted by Crippen LogP contribution is -2.14. The van der Waals surface area contributed by atoms with Crippen LogP contribution in [0.5, 0.6) is 0 Å². The highest BCUT2D eigenvalue weighted by molar-refractivity contribution is 9.10. The second-order valence-electron chi connectivity index (χ2n) is 3.16. The van der Waals surface area contributed by atoms with Crippen LogP contribution in [0.15, 0.2) is 15.9 Å². The molecule has 14 heavy (non-hydrogen) atoms. The molecule has 0 aliphatic carbocycles. The van der Waals surface area contributed by atoms with Crippen LogP contribution in [0.1, 0.15) is 17.3 Å². The number of thiophene rings is 1. The SMILES string of the molecule is CS(=O)(=O)CCC(N)c1sccc1Br. The Morgan fingerprint density at radius 2 is 2.29 bits per heavy atom. The molecule has 1 aromatic rings. The molecule has 1 rings (SSSR count). The Balaban J connectivity index is 2.60. The summed E-state index contributed by atoms with van der Waals surface area (Å²) in [6, 6.07) is 1.72. The van der Waals surface area contributed by atoms with E-state index in [0.29, 0.717) is 6.42 Å². The standard InChI is InChI=1S/C8H12BrNO2S2/c1-14(11,12)5-3-7(10)8-6(9)2-4-13-8/h2,4,7H,3,5,10H2,1H3. The molecule has 0 saturated carbocycles. The Bertz CT molecular complexity index is 399. The highest BCUT2D eigenvalue weighted by atomic mass is 79.9. The topological polar surface area (TPSA) is 60.2 Å². The molecule has 0 fully saturated rings. The zero-order chi connectivity index (χ0) is 10.8. The third-order valence-electron chi connectivity index (χ3n) is 1.78. The van der Waals surface area contributed by atoms with Gasteiger partial charge in [-0.25, -0.2) is 8.42 Å². The van der Waals surface area contributed by atoms with Gasteiger partial charge in [-0.05, 0) is 33.8 Å². The lowest BCUT2D eigenvalue weighted by atomic mass is 10.2. The van der Waals surface area contributed by atoms with Crippen molar-refractivity contribution in [3.05, 3.63) is 20.8 Å². The molecule has 0 saturated heterocycles. The summed E-state index contributed by atoms with van der Waals surface area (Å²) in [6.07, 6.45) is 1.70. The van der Waals surface area contributed by atoms with Crippen LogP contribution in [-0.4, -0.2) is 20.4 Å². The van der Waals surface area contributed by atoms with E-state index in [9.17, 15) is 8.42 Å². The van der Waals surface area contributed by atoms with E-state index in [1.165, 1.54) is 6.26 Å². The fourth-order valence-corrected chi connectivity index (χ4v) is 3.43. The molecule has 2 N–H and O–H groups in total. The number of rotatable bonds is 4. The van der Waals surface area contributed by atoms with Crippen molar-refractivity contribution in [3.63, 3.8) is 0 Å². The van der Waals surface area contributed by atoms with Crippen molar-refractivity contribution in [3.8, 4) is 0 Å². The summed E-state index contributed by atoms with van der Waals surface area (Å²) < 4.78 is 22.8. The molecule has 3 nitrogen and oxygen atoms in total. The zero-order valence-electron chi connectivity index (χ0n) is 7.73. The molecule has 6 heteroatoms. The summed E-state index contributed by atoms with van der Waals surface area (Å²) in [6.45, 7) is 0. The summed E-state index contributed by atoms with van der Waals surface area (Å²) in [5.74, 6) is 0.137. The molecule has 1 heterocycles. The van der Waals surface area contributed by atoms with Crippen LogP contribution in [0.25, 0.3) is 0 Å². The maximum atomic E-state index is 10.9. The molecule has 0 aromatic carbocycles. The Morgan fingerprint density at radius 1 is 1.64 bits per heavy atom. The molecule has 0 aliphatic rings. The number of halogens is 1. The number of sulfone groups is 1. The van der Waals surface area contributed by atoms with E-state index in [2.05, 4.69) is 15.9 Å². The maximum Gasteiger partial charge on any atom is 0.147 e. The summed E-state index contributed by atoms with van der Waals surface area (Å²) in [4.78, 5) is 1.01. The second kappa shape index (κ2) is 4.74. The predicted molar refractivity (Wildman–Crippen MR) is 63.3 cm³/mol. The van der Waals surface area contributed by atoms with Crippen molar-refractivity contribution in [2.24, 2.45) is 5.73 Å².